The van der Waals surface area contributed by atoms with Gasteiger partial charge in [-0.2, -0.15) is 18.4 Å². The molecule has 4 rings (SSSR count). The molecule has 3 heterocycles. The summed E-state index contributed by atoms with van der Waals surface area (Å²) in [6.07, 6.45) is -2.62. The summed E-state index contributed by atoms with van der Waals surface area (Å²) in [5.41, 5.74) is 1.63. The van der Waals surface area contributed by atoms with E-state index in [1.165, 1.54) is 22.9 Å². The quantitative estimate of drug-likeness (QED) is 0.728. The Bertz CT molecular complexity index is 1100. The van der Waals surface area contributed by atoms with E-state index >= 15 is 0 Å². The van der Waals surface area contributed by atoms with E-state index in [0.29, 0.717) is 28.1 Å². The van der Waals surface area contributed by atoms with E-state index in [0.717, 1.165) is 5.69 Å². The summed E-state index contributed by atoms with van der Waals surface area (Å²) >= 11 is 1.49. The van der Waals surface area contributed by atoms with Gasteiger partial charge >= 0.3 is 6.18 Å². The SMILES string of the molecule is N#C[C@@H]1CSCN1C(=O)CNC(=O)c1ccnc2ccc(N3CCC(C(F)(F)F)CC3)cc12. The summed E-state index contributed by atoms with van der Waals surface area (Å²) in [5, 5.41) is 12.3. The van der Waals surface area contributed by atoms with E-state index in [2.05, 4.69) is 16.4 Å². The molecule has 11 heteroatoms. The Morgan fingerprint density at radius 2 is 2.00 bits per heavy atom. The largest absolute Gasteiger partial charge is 0.391 e. The van der Waals surface area contributed by atoms with Gasteiger partial charge in [0.25, 0.3) is 5.91 Å². The van der Waals surface area contributed by atoms with Gasteiger partial charge in [0.05, 0.1) is 35.5 Å². The van der Waals surface area contributed by atoms with Gasteiger partial charge in [-0.05, 0) is 37.1 Å². The van der Waals surface area contributed by atoms with Gasteiger partial charge < -0.3 is 15.1 Å². The van der Waals surface area contributed by atoms with Crippen molar-refractivity contribution in [3.63, 3.8) is 0 Å². The smallest absolute Gasteiger partial charge is 0.371 e. The number of amides is 2. The summed E-state index contributed by atoms with van der Waals surface area (Å²) < 4.78 is 38.9. The molecule has 7 nitrogen and oxygen atoms in total. The molecule has 2 aromatic rings. The third-order valence-corrected chi connectivity index (χ3v) is 7.06. The number of rotatable bonds is 4. The lowest BCUT2D eigenvalue weighted by atomic mass is 9.95. The fourth-order valence-corrected chi connectivity index (χ4v) is 5.25. The number of thioether (sulfide) groups is 1. The van der Waals surface area contributed by atoms with Gasteiger partial charge in [-0.15, -0.1) is 11.8 Å². The van der Waals surface area contributed by atoms with E-state index in [-0.39, 0.29) is 38.4 Å². The van der Waals surface area contributed by atoms with Crippen LogP contribution in [0.1, 0.15) is 23.2 Å². The lowest BCUT2D eigenvalue weighted by Gasteiger charge is -2.34. The molecular formula is C22H22F3N5O2S. The molecule has 0 unspecified atom stereocenters. The van der Waals surface area contributed by atoms with Crippen LogP contribution in [-0.2, 0) is 4.79 Å². The van der Waals surface area contributed by atoms with Crippen molar-refractivity contribution < 1.29 is 22.8 Å². The van der Waals surface area contributed by atoms with Crippen LogP contribution < -0.4 is 10.2 Å². The number of halogens is 3. The number of nitrogens with one attached hydrogen (secondary N) is 1. The number of benzene rings is 1. The molecule has 0 saturated carbocycles. The Hall–Kier alpha value is -3.00. The number of nitrogens with zero attached hydrogens (tertiary/aromatic N) is 4. The number of hydrogen-bond donors (Lipinski definition) is 1. The van der Waals surface area contributed by atoms with E-state index < -0.39 is 24.0 Å². The standard InChI is InChI=1S/C22H22F3N5O2S/c23-22(24,25)14-4-7-29(8-5-14)15-1-2-19-18(9-15)17(3-6-27-19)21(32)28-11-20(31)30-13-33-12-16(30)10-26/h1-3,6,9,14,16H,4-5,7-8,11-13H2,(H,28,32)/t16-/m1/s1. The zero-order valence-corrected chi connectivity index (χ0v) is 18.5. The van der Waals surface area contributed by atoms with Crippen molar-refractivity contribution in [2.75, 3.05) is 36.2 Å². The van der Waals surface area contributed by atoms with Gasteiger partial charge in [0.2, 0.25) is 5.91 Å². The molecule has 0 bridgehead atoms. The molecule has 1 N–H and O–H groups in total. The van der Waals surface area contributed by atoms with Crippen LogP contribution in [-0.4, -0.2) is 65.2 Å². The van der Waals surface area contributed by atoms with E-state index in [4.69, 9.17) is 5.26 Å². The number of pyridine rings is 1. The third kappa shape index (κ3) is 5.00. The molecular weight excluding hydrogens is 455 g/mol. The third-order valence-electron chi connectivity index (χ3n) is 6.04. The molecule has 2 aliphatic rings. The first-order valence-electron chi connectivity index (χ1n) is 10.5. The fraction of sp³-hybridized carbons (Fsp3) is 0.455. The Kier molecular flexibility index (Phi) is 6.65. The molecule has 2 aliphatic heterocycles. The maximum Gasteiger partial charge on any atom is 0.391 e. The zero-order chi connectivity index (χ0) is 23.6. The number of anilines is 1. The van der Waals surface area contributed by atoms with E-state index in [1.807, 2.05) is 4.90 Å². The summed E-state index contributed by atoms with van der Waals surface area (Å²) in [5.74, 6) is -1.10. The molecule has 2 saturated heterocycles. The number of nitriles is 1. The molecule has 1 atom stereocenters. The van der Waals surface area contributed by atoms with Crippen molar-refractivity contribution >= 4 is 40.2 Å². The van der Waals surface area contributed by atoms with Gasteiger partial charge in [0.1, 0.15) is 6.04 Å². The van der Waals surface area contributed by atoms with Gasteiger partial charge in [0.15, 0.2) is 0 Å². The minimum atomic E-state index is -4.18. The topological polar surface area (TPSA) is 89.3 Å². The van der Waals surface area contributed by atoms with Crippen molar-refractivity contribution in [2.24, 2.45) is 5.92 Å². The van der Waals surface area contributed by atoms with Gasteiger partial charge in [-0.25, -0.2) is 0 Å². The van der Waals surface area contributed by atoms with Gasteiger partial charge in [-0.3, -0.25) is 14.6 Å². The van der Waals surface area contributed by atoms with Crippen molar-refractivity contribution in [3.05, 3.63) is 36.0 Å². The van der Waals surface area contributed by atoms with Crippen LogP contribution >= 0.6 is 11.8 Å². The van der Waals surface area contributed by atoms with Crippen LogP contribution in [0.15, 0.2) is 30.5 Å². The second-order valence-electron chi connectivity index (χ2n) is 8.05. The van der Waals surface area contributed by atoms with Crippen LogP contribution in [0.4, 0.5) is 18.9 Å². The van der Waals surface area contributed by atoms with Crippen LogP contribution in [0.25, 0.3) is 10.9 Å². The average Bonchev–Trinajstić information content (AvgIpc) is 3.30. The maximum atomic E-state index is 13.0. The molecule has 0 spiro atoms. The van der Waals surface area contributed by atoms with Crippen molar-refractivity contribution in [3.8, 4) is 6.07 Å². The predicted molar refractivity (Wildman–Crippen MR) is 119 cm³/mol. The molecule has 0 radical (unpaired) electrons. The summed E-state index contributed by atoms with van der Waals surface area (Å²) in [4.78, 5) is 32.9. The first-order valence-corrected chi connectivity index (χ1v) is 11.7. The van der Waals surface area contributed by atoms with Crippen molar-refractivity contribution in [1.82, 2.24) is 15.2 Å². The molecule has 2 amide bonds. The number of aromatic nitrogens is 1. The summed E-state index contributed by atoms with van der Waals surface area (Å²) in [6, 6.07) is 8.43. The highest BCUT2D eigenvalue weighted by Gasteiger charge is 2.41. The van der Waals surface area contributed by atoms with Gasteiger partial charge in [0, 0.05) is 36.1 Å². The Labute approximate surface area is 192 Å². The van der Waals surface area contributed by atoms with Crippen LogP contribution in [0.3, 0.4) is 0 Å². The summed E-state index contributed by atoms with van der Waals surface area (Å²) in [6.45, 7) is 0.325. The minimum absolute atomic E-state index is 0.0303. The lowest BCUT2D eigenvalue weighted by Crippen LogP contribution is -2.42. The number of fused-ring (bicyclic) bond motifs is 1. The predicted octanol–water partition coefficient (Wildman–Crippen LogP) is 3.17. The minimum Gasteiger partial charge on any atom is -0.371 e. The highest BCUT2D eigenvalue weighted by molar-refractivity contribution is 7.99. The molecule has 174 valence electrons. The first kappa shape index (κ1) is 23.2. The normalized spacial score (nSPS) is 19.5. The number of hydrogen-bond acceptors (Lipinski definition) is 6. The summed E-state index contributed by atoms with van der Waals surface area (Å²) in [7, 11) is 0. The number of piperidine rings is 1. The van der Waals surface area contributed by atoms with Crippen LogP contribution in [0.5, 0.6) is 0 Å². The van der Waals surface area contributed by atoms with E-state index in [9.17, 15) is 22.8 Å². The zero-order valence-electron chi connectivity index (χ0n) is 17.6. The molecule has 33 heavy (non-hydrogen) atoms. The first-order chi connectivity index (χ1) is 15.8. The lowest BCUT2D eigenvalue weighted by molar-refractivity contribution is -0.179. The molecule has 2 fully saturated rings. The van der Waals surface area contributed by atoms with Crippen molar-refractivity contribution in [1.29, 1.82) is 5.26 Å². The Morgan fingerprint density at radius 1 is 1.24 bits per heavy atom. The molecule has 1 aromatic carbocycles. The highest BCUT2D eigenvalue weighted by Crippen LogP contribution is 2.36. The molecule has 0 aliphatic carbocycles. The Morgan fingerprint density at radius 3 is 2.70 bits per heavy atom. The van der Waals surface area contributed by atoms with Crippen LogP contribution in [0, 0.1) is 17.2 Å². The average molecular weight is 478 g/mol. The second kappa shape index (κ2) is 9.47. The van der Waals surface area contributed by atoms with Crippen LogP contribution in [0.2, 0.25) is 0 Å². The van der Waals surface area contributed by atoms with Crippen molar-refractivity contribution in [2.45, 2.75) is 25.1 Å². The number of alkyl halides is 3. The second-order valence-corrected chi connectivity index (χ2v) is 9.05. The fourth-order valence-electron chi connectivity index (χ4n) is 4.14. The maximum absolute atomic E-state index is 13.0. The number of carbonyl (C=O) groups is 2. The monoisotopic (exact) mass is 477 g/mol. The number of carbonyl (C=O) groups excluding carboxylic acids is 2. The van der Waals surface area contributed by atoms with E-state index in [1.54, 1.807) is 24.3 Å². The Balaban J connectivity index is 1.47. The molecule has 1 aromatic heterocycles. The van der Waals surface area contributed by atoms with Gasteiger partial charge in [-0.1, -0.05) is 0 Å². The highest BCUT2D eigenvalue weighted by atomic mass is 32.2.